The molecular formula is C33H39F2N3O5. The highest BCUT2D eigenvalue weighted by Crippen LogP contribution is 2.28. The van der Waals surface area contributed by atoms with Gasteiger partial charge in [0.05, 0.1) is 20.3 Å². The van der Waals surface area contributed by atoms with Gasteiger partial charge in [0.15, 0.2) is 0 Å². The van der Waals surface area contributed by atoms with Crippen molar-refractivity contribution < 1.29 is 32.6 Å². The average Bonchev–Trinajstić information content (AvgIpc) is 2.95. The van der Waals surface area contributed by atoms with E-state index in [9.17, 15) is 18.4 Å². The van der Waals surface area contributed by atoms with Crippen LogP contribution in [0.25, 0.3) is 0 Å². The summed E-state index contributed by atoms with van der Waals surface area (Å²) < 4.78 is 45.0. The second-order valence-corrected chi connectivity index (χ2v) is 11.6. The smallest absolute Gasteiger partial charge is 0.410 e. The standard InChI is InChI=1S/C33H39F2N3O5/c1-33(2,3)43-32(40)38-14-13-36(19-23-9-7-6-8-10-23)21-28(38)22-37(31(39)25-15-26(34)17-27(35)16-25)20-24-11-12-29(41-4)18-30(24)42-5/h6-12,15-18,28H,13-14,19-22H2,1-5H3/t28-/m0/s1. The summed E-state index contributed by atoms with van der Waals surface area (Å²) in [5, 5.41) is 0. The number of nitrogens with zero attached hydrogens (tertiary/aromatic N) is 3. The number of hydrogen-bond donors (Lipinski definition) is 0. The Morgan fingerprint density at radius 3 is 2.26 bits per heavy atom. The predicted molar refractivity (Wildman–Crippen MR) is 159 cm³/mol. The first-order valence-corrected chi connectivity index (χ1v) is 14.2. The fraction of sp³-hybridized carbons (Fsp3) is 0.394. The van der Waals surface area contributed by atoms with Crippen LogP contribution < -0.4 is 9.47 Å². The summed E-state index contributed by atoms with van der Waals surface area (Å²) >= 11 is 0. The molecule has 8 nitrogen and oxygen atoms in total. The topological polar surface area (TPSA) is 71.5 Å². The summed E-state index contributed by atoms with van der Waals surface area (Å²) in [6, 6.07) is 17.5. The zero-order valence-corrected chi connectivity index (χ0v) is 25.3. The summed E-state index contributed by atoms with van der Waals surface area (Å²) in [6.07, 6.45) is -0.483. The lowest BCUT2D eigenvalue weighted by atomic mass is 10.1. The van der Waals surface area contributed by atoms with Crippen molar-refractivity contribution in [3.8, 4) is 11.5 Å². The minimum Gasteiger partial charge on any atom is -0.497 e. The van der Waals surface area contributed by atoms with Crippen LogP contribution in [0.1, 0.15) is 42.3 Å². The number of carbonyl (C=O) groups excluding carboxylic acids is 2. The minimum atomic E-state index is -0.854. The maximum atomic E-state index is 14.2. The first-order chi connectivity index (χ1) is 20.5. The monoisotopic (exact) mass is 595 g/mol. The van der Waals surface area contributed by atoms with Crippen LogP contribution in [0.4, 0.5) is 13.6 Å². The lowest BCUT2D eigenvalue weighted by molar-refractivity contribution is -0.00854. The number of piperazine rings is 1. The van der Waals surface area contributed by atoms with Gasteiger partial charge in [-0.25, -0.2) is 13.6 Å². The SMILES string of the molecule is COc1ccc(CN(C[C@@H]2CN(Cc3ccccc3)CCN2C(=O)OC(C)(C)C)C(=O)c2cc(F)cc(F)c2)c(OC)c1. The van der Waals surface area contributed by atoms with Crippen LogP contribution in [0.2, 0.25) is 0 Å². The summed E-state index contributed by atoms with van der Waals surface area (Å²) in [7, 11) is 3.05. The van der Waals surface area contributed by atoms with E-state index in [1.807, 2.05) is 30.3 Å². The van der Waals surface area contributed by atoms with Gasteiger partial charge in [0, 0.05) is 62.5 Å². The molecule has 0 saturated carbocycles. The van der Waals surface area contributed by atoms with Crippen LogP contribution >= 0.6 is 0 Å². The van der Waals surface area contributed by atoms with Crippen molar-refractivity contribution in [3.63, 3.8) is 0 Å². The van der Waals surface area contributed by atoms with Crippen LogP contribution in [0.15, 0.2) is 66.7 Å². The van der Waals surface area contributed by atoms with Crippen molar-refractivity contribution in [2.45, 2.75) is 45.5 Å². The molecule has 4 rings (SSSR count). The normalized spacial score (nSPS) is 15.6. The molecule has 0 spiro atoms. The van der Waals surface area contributed by atoms with E-state index in [1.165, 1.54) is 19.1 Å². The molecule has 0 aromatic heterocycles. The highest BCUT2D eigenvalue weighted by molar-refractivity contribution is 5.94. The molecule has 43 heavy (non-hydrogen) atoms. The minimum absolute atomic E-state index is 0.0570. The quantitative estimate of drug-likeness (QED) is 0.314. The Balaban J connectivity index is 1.69. The molecule has 3 aromatic rings. The van der Waals surface area contributed by atoms with Crippen molar-refractivity contribution in [3.05, 3.63) is 95.1 Å². The van der Waals surface area contributed by atoms with E-state index in [0.29, 0.717) is 43.2 Å². The van der Waals surface area contributed by atoms with E-state index in [1.54, 1.807) is 43.9 Å². The van der Waals surface area contributed by atoms with E-state index in [-0.39, 0.29) is 18.7 Å². The summed E-state index contributed by atoms with van der Waals surface area (Å²) in [5.41, 5.74) is 0.937. The van der Waals surface area contributed by atoms with Gasteiger partial charge in [0.2, 0.25) is 0 Å². The highest BCUT2D eigenvalue weighted by Gasteiger charge is 2.36. The number of halogens is 2. The van der Waals surface area contributed by atoms with Crippen molar-refractivity contribution >= 4 is 12.0 Å². The molecule has 0 N–H and O–H groups in total. The number of ether oxygens (including phenoxy) is 3. The van der Waals surface area contributed by atoms with Crippen molar-refractivity contribution in [1.82, 2.24) is 14.7 Å². The maximum absolute atomic E-state index is 14.2. The Kier molecular flexibility index (Phi) is 10.2. The molecule has 1 fully saturated rings. The van der Waals surface area contributed by atoms with E-state index in [2.05, 4.69) is 4.90 Å². The molecule has 10 heteroatoms. The summed E-state index contributed by atoms with van der Waals surface area (Å²) in [5.74, 6) is -1.23. The summed E-state index contributed by atoms with van der Waals surface area (Å²) in [6.45, 7) is 7.65. The van der Waals surface area contributed by atoms with E-state index in [0.717, 1.165) is 23.8 Å². The van der Waals surface area contributed by atoms with Gasteiger partial charge in [-0.1, -0.05) is 30.3 Å². The Morgan fingerprint density at radius 2 is 1.63 bits per heavy atom. The van der Waals surface area contributed by atoms with Gasteiger partial charge in [-0.3, -0.25) is 9.69 Å². The Labute approximate surface area is 251 Å². The Hall–Kier alpha value is -4.18. The van der Waals surface area contributed by atoms with Crippen molar-refractivity contribution in [2.24, 2.45) is 0 Å². The van der Waals surface area contributed by atoms with Crippen molar-refractivity contribution in [2.75, 3.05) is 40.4 Å². The average molecular weight is 596 g/mol. The van der Waals surface area contributed by atoms with Gasteiger partial charge in [-0.2, -0.15) is 0 Å². The zero-order chi connectivity index (χ0) is 31.1. The molecule has 1 aliphatic heterocycles. The first-order valence-electron chi connectivity index (χ1n) is 14.2. The third-order valence-corrected chi connectivity index (χ3v) is 7.13. The molecule has 3 aromatic carbocycles. The number of rotatable bonds is 9. The molecule has 1 saturated heterocycles. The Bertz CT molecular complexity index is 1390. The molecule has 1 heterocycles. The maximum Gasteiger partial charge on any atom is 0.410 e. The van der Waals surface area contributed by atoms with Gasteiger partial charge in [-0.05, 0) is 50.6 Å². The molecule has 1 atom stereocenters. The van der Waals surface area contributed by atoms with Crippen LogP contribution in [0, 0.1) is 11.6 Å². The van der Waals surface area contributed by atoms with E-state index in [4.69, 9.17) is 14.2 Å². The third kappa shape index (κ3) is 8.67. The number of hydrogen-bond acceptors (Lipinski definition) is 6. The molecule has 2 amide bonds. The van der Waals surface area contributed by atoms with Crippen LogP contribution in [-0.4, -0.2) is 78.7 Å². The molecule has 230 valence electrons. The Morgan fingerprint density at radius 1 is 0.930 bits per heavy atom. The second-order valence-electron chi connectivity index (χ2n) is 11.6. The third-order valence-electron chi connectivity index (χ3n) is 7.13. The molecule has 0 aliphatic carbocycles. The fourth-order valence-electron chi connectivity index (χ4n) is 5.14. The molecular weight excluding hydrogens is 556 g/mol. The van der Waals surface area contributed by atoms with Gasteiger partial charge in [0.1, 0.15) is 28.7 Å². The first kappa shape index (κ1) is 31.7. The molecule has 1 aliphatic rings. The molecule has 0 bridgehead atoms. The molecule has 0 radical (unpaired) electrons. The fourth-order valence-corrected chi connectivity index (χ4v) is 5.14. The van der Waals surface area contributed by atoms with Gasteiger partial charge in [-0.15, -0.1) is 0 Å². The number of carbonyl (C=O) groups is 2. The van der Waals surface area contributed by atoms with Gasteiger partial charge in [0.25, 0.3) is 5.91 Å². The molecule has 0 unspecified atom stereocenters. The van der Waals surface area contributed by atoms with E-state index >= 15 is 0 Å². The number of methoxy groups -OCH3 is 2. The number of amides is 2. The lowest BCUT2D eigenvalue weighted by Crippen LogP contribution is -2.59. The largest absolute Gasteiger partial charge is 0.497 e. The van der Waals surface area contributed by atoms with Crippen molar-refractivity contribution in [1.29, 1.82) is 0 Å². The van der Waals surface area contributed by atoms with Crippen LogP contribution in [0.3, 0.4) is 0 Å². The highest BCUT2D eigenvalue weighted by atomic mass is 19.1. The number of benzene rings is 3. The second kappa shape index (κ2) is 13.9. The summed E-state index contributed by atoms with van der Waals surface area (Å²) in [4.78, 5) is 32.6. The van der Waals surface area contributed by atoms with Gasteiger partial charge < -0.3 is 24.0 Å². The van der Waals surface area contributed by atoms with E-state index < -0.39 is 35.3 Å². The zero-order valence-electron chi connectivity index (χ0n) is 25.3. The van der Waals surface area contributed by atoms with Gasteiger partial charge >= 0.3 is 6.09 Å². The predicted octanol–water partition coefficient (Wildman–Crippen LogP) is 5.75. The van der Waals surface area contributed by atoms with Crippen LogP contribution in [-0.2, 0) is 17.8 Å². The lowest BCUT2D eigenvalue weighted by Gasteiger charge is -2.43. The van der Waals surface area contributed by atoms with Crippen LogP contribution in [0.5, 0.6) is 11.5 Å².